The molecule has 6 heteroatoms. The third kappa shape index (κ3) is 6.94. The van der Waals surface area contributed by atoms with Crippen LogP contribution in [0.3, 0.4) is 0 Å². The minimum atomic E-state index is -0.646. The summed E-state index contributed by atoms with van der Waals surface area (Å²) in [6, 6.07) is 13.3. The summed E-state index contributed by atoms with van der Waals surface area (Å²) in [6.07, 6.45) is 0.185. The zero-order chi connectivity index (χ0) is 20.6. The zero-order valence-corrected chi connectivity index (χ0v) is 17.3. The molecule has 0 aromatic heterocycles. The lowest BCUT2D eigenvalue weighted by Crippen LogP contribution is -2.46. The summed E-state index contributed by atoms with van der Waals surface area (Å²) in [7, 11) is 4.83. The number of rotatable bonds is 11. The summed E-state index contributed by atoms with van der Waals surface area (Å²) in [5, 5.41) is 13.7. The molecule has 0 aliphatic heterocycles. The molecule has 0 radical (unpaired) electrons. The molecule has 0 bridgehead atoms. The van der Waals surface area contributed by atoms with Crippen LogP contribution in [0.25, 0.3) is 0 Å². The van der Waals surface area contributed by atoms with Crippen molar-refractivity contribution in [1.82, 2.24) is 5.32 Å². The lowest BCUT2D eigenvalue weighted by molar-refractivity contribution is 0.0986. The molecule has 0 saturated carbocycles. The number of ether oxygens (including phenoxy) is 4. The number of benzene rings is 2. The maximum atomic E-state index is 10.3. The molecule has 2 N–H and O–H groups in total. The first-order chi connectivity index (χ1) is 13.3. The van der Waals surface area contributed by atoms with E-state index in [9.17, 15) is 5.11 Å². The van der Waals surface area contributed by atoms with Gasteiger partial charge in [-0.3, -0.25) is 0 Å². The van der Waals surface area contributed by atoms with Crippen LogP contribution >= 0.6 is 0 Å². The van der Waals surface area contributed by atoms with Gasteiger partial charge in [-0.25, -0.2) is 0 Å². The molecule has 28 heavy (non-hydrogen) atoms. The lowest BCUT2D eigenvalue weighted by atomic mass is 9.94. The van der Waals surface area contributed by atoms with Gasteiger partial charge in [-0.15, -0.1) is 0 Å². The third-order valence-corrected chi connectivity index (χ3v) is 4.39. The van der Waals surface area contributed by atoms with Crippen LogP contribution in [0.4, 0.5) is 0 Å². The van der Waals surface area contributed by atoms with Gasteiger partial charge in [0.15, 0.2) is 0 Å². The smallest absolute Gasteiger partial charge is 0.126 e. The monoisotopic (exact) mass is 389 g/mol. The molecule has 1 atom stereocenters. The largest absolute Gasteiger partial charge is 0.497 e. The van der Waals surface area contributed by atoms with Gasteiger partial charge in [-0.05, 0) is 38.0 Å². The number of hydrogen-bond acceptors (Lipinski definition) is 6. The van der Waals surface area contributed by atoms with Gasteiger partial charge in [0.25, 0.3) is 0 Å². The second-order valence-corrected chi connectivity index (χ2v) is 7.30. The van der Waals surface area contributed by atoms with Crippen molar-refractivity contribution in [2.24, 2.45) is 0 Å². The van der Waals surface area contributed by atoms with Gasteiger partial charge in [0.2, 0.25) is 0 Å². The molecule has 6 nitrogen and oxygen atoms in total. The molecule has 154 valence electrons. The Hall–Kier alpha value is -2.44. The first kappa shape index (κ1) is 21.9. The third-order valence-electron chi connectivity index (χ3n) is 4.39. The lowest BCUT2D eigenvalue weighted by Gasteiger charge is -2.28. The minimum absolute atomic E-state index is 0.169. The van der Waals surface area contributed by atoms with Crippen LogP contribution in [0.2, 0.25) is 0 Å². The van der Waals surface area contributed by atoms with Crippen LogP contribution in [-0.4, -0.2) is 51.2 Å². The van der Waals surface area contributed by atoms with E-state index < -0.39 is 6.10 Å². The maximum absolute atomic E-state index is 10.3. The van der Waals surface area contributed by atoms with Crippen molar-refractivity contribution < 1.29 is 24.1 Å². The number of β-amino-alcohol motifs (C(OH)–C–C–N with tert-alkyl or cyclic N) is 1. The average molecular weight is 389 g/mol. The Bertz CT molecular complexity index is 708. The molecule has 2 aromatic rings. The van der Waals surface area contributed by atoms with Crippen LogP contribution in [0.1, 0.15) is 19.4 Å². The predicted octanol–water partition coefficient (Wildman–Crippen LogP) is 3.06. The topological polar surface area (TPSA) is 69.2 Å². The van der Waals surface area contributed by atoms with Crippen molar-refractivity contribution in [2.75, 3.05) is 34.5 Å². The number of hydrogen-bond donors (Lipinski definition) is 2. The van der Waals surface area contributed by atoms with E-state index in [1.807, 2.05) is 12.1 Å². The Kier molecular flexibility index (Phi) is 7.96. The standard InChI is InChI=1S/C22H31NO5/c1-22(2,13-16-6-8-18(25-3)9-7-16)23-14-17(24)15-28-21-11-19(26-4)10-20(12-21)27-5/h6-12,17,23-24H,13-15H2,1-5H3. The van der Waals surface area contributed by atoms with E-state index in [4.69, 9.17) is 18.9 Å². The van der Waals surface area contributed by atoms with Crippen LogP contribution in [-0.2, 0) is 6.42 Å². The van der Waals surface area contributed by atoms with Crippen LogP contribution < -0.4 is 24.3 Å². The average Bonchev–Trinajstić information content (AvgIpc) is 2.70. The Morgan fingerprint density at radius 3 is 1.93 bits per heavy atom. The summed E-state index contributed by atoms with van der Waals surface area (Å²) in [6.45, 7) is 4.81. The van der Waals surface area contributed by atoms with Crippen molar-refractivity contribution >= 4 is 0 Å². The van der Waals surface area contributed by atoms with Crippen molar-refractivity contribution in [3.05, 3.63) is 48.0 Å². The van der Waals surface area contributed by atoms with E-state index in [0.29, 0.717) is 23.8 Å². The highest BCUT2D eigenvalue weighted by atomic mass is 16.5. The van der Waals surface area contributed by atoms with E-state index in [1.165, 1.54) is 5.56 Å². The summed E-state index contributed by atoms with van der Waals surface area (Å²) < 4.78 is 21.3. The molecule has 2 aromatic carbocycles. The quantitative estimate of drug-likeness (QED) is 0.616. The maximum Gasteiger partial charge on any atom is 0.126 e. The van der Waals surface area contributed by atoms with E-state index in [2.05, 4.69) is 31.3 Å². The summed E-state index contributed by atoms with van der Waals surface area (Å²) in [5.41, 5.74) is 1.03. The molecule has 1 unspecified atom stereocenters. The van der Waals surface area contributed by atoms with E-state index in [-0.39, 0.29) is 12.1 Å². The first-order valence-corrected chi connectivity index (χ1v) is 9.27. The van der Waals surface area contributed by atoms with E-state index >= 15 is 0 Å². The normalized spacial score (nSPS) is 12.4. The van der Waals surface area contributed by atoms with Crippen molar-refractivity contribution in [2.45, 2.75) is 31.9 Å². The summed E-state index contributed by atoms with van der Waals surface area (Å²) >= 11 is 0. The molecule has 0 heterocycles. The SMILES string of the molecule is COc1ccc(CC(C)(C)NCC(O)COc2cc(OC)cc(OC)c2)cc1. The van der Waals surface area contributed by atoms with Gasteiger partial charge < -0.3 is 29.4 Å². The summed E-state index contributed by atoms with van der Waals surface area (Å²) in [4.78, 5) is 0. The molecule has 0 amide bonds. The molecule has 0 aliphatic carbocycles. The predicted molar refractivity (Wildman–Crippen MR) is 110 cm³/mol. The molecule has 0 aliphatic rings. The van der Waals surface area contributed by atoms with Gasteiger partial charge in [0.1, 0.15) is 35.7 Å². The minimum Gasteiger partial charge on any atom is -0.497 e. The van der Waals surface area contributed by atoms with E-state index in [1.54, 1.807) is 39.5 Å². The van der Waals surface area contributed by atoms with Crippen LogP contribution in [0.15, 0.2) is 42.5 Å². The Balaban J connectivity index is 1.82. The number of aliphatic hydroxyl groups excluding tert-OH is 1. The highest BCUT2D eigenvalue weighted by molar-refractivity contribution is 5.42. The van der Waals surface area contributed by atoms with E-state index in [0.717, 1.165) is 12.2 Å². The second kappa shape index (κ2) is 10.2. The van der Waals surface area contributed by atoms with Gasteiger partial charge in [0.05, 0.1) is 21.3 Å². The fourth-order valence-corrected chi connectivity index (χ4v) is 2.83. The fraction of sp³-hybridized carbons (Fsp3) is 0.455. The number of aliphatic hydroxyl groups is 1. The molecular weight excluding hydrogens is 358 g/mol. The van der Waals surface area contributed by atoms with Crippen LogP contribution in [0.5, 0.6) is 23.0 Å². The summed E-state index contributed by atoms with van der Waals surface area (Å²) in [5.74, 6) is 2.72. The second-order valence-electron chi connectivity index (χ2n) is 7.30. The molecule has 0 saturated heterocycles. The molecule has 0 spiro atoms. The van der Waals surface area contributed by atoms with Crippen molar-refractivity contribution in [1.29, 1.82) is 0 Å². The highest BCUT2D eigenvalue weighted by Crippen LogP contribution is 2.27. The van der Waals surface area contributed by atoms with Crippen molar-refractivity contribution in [3.8, 4) is 23.0 Å². The first-order valence-electron chi connectivity index (χ1n) is 9.27. The molecular formula is C22H31NO5. The number of nitrogens with one attached hydrogen (secondary N) is 1. The highest BCUT2D eigenvalue weighted by Gasteiger charge is 2.19. The van der Waals surface area contributed by atoms with Gasteiger partial charge >= 0.3 is 0 Å². The molecule has 2 rings (SSSR count). The van der Waals surface area contributed by atoms with Gasteiger partial charge in [0, 0.05) is 30.3 Å². The molecule has 0 fully saturated rings. The Morgan fingerprint density at radius 1 is 0.857 bits per heavy atom. The zero-order valence-electron chi connectivity index (χ0n) is 17.3. The van der Waals surface area contributed by atoms with Crippen molar-refractivity contribution in [3.63, 3.8) is 0 Å². The van der Waals surface area contributed by atoms with Gasteiger partial charge in [-0.1, -0.05) is 12.1 Å². The van der Waals surface area contributed by atoms with Crippen LogP contribution in [0, 0.1) is 0 Å². The Morgan fingerprint density at radius 2 is 1.39 bits per heavy atom. The van der Waals surface area contributed by atoms with Gasteiger partial charge in [-0.2, -0.15) is 0 Å². The number of methoxy groups -OCH3 is 3. The Labute approximate surface area is 167 Å². The fourth-order valence-electron chi connectivity index (χ4n) is 2.83.